The summed E-state index contributed by atoms with van der Waals surface area (Å²) in [6, 6.07) is 5.31. The molecule has 2 nitrogen and oxygen atoms in total. The minimum absolute atomic E-state index is 0.324. The van der Waals surface area contributed by atoms with Crippen molar-refractivity contribution >= 4 is 5.69 Å². The van der Waals surface area contributed by atoms with Crippen LogP contribution in [0.2, 0.25) is 0 Å². The maximum Gasteiger partial charge on any atom is 0.416 e. The lowest BCUT2D eigenvalue weighted by Gasteiger charge is -2.25. The normalized spacial score (nSPS) is 12.6. The minimum atomic E-state index is -4.30. The van der Waals surface area contributed by atoms with Crippen molar-refractivity contribution in [3.8, 4) is 0 Å². The van der Waals surface area contributed by atoms with Crippen LogP contribution < -0.4 is 10.6 Å². The molecule has 1 rings (SSSR count). The summed E-state index contributed by atoms with van der Waals surface area (Å²) < 4.78 is 37.7. The van der Waals surface area contributed by atoms with Gasteiger partial charge in [-0.15, -0.1) is 0 Å². The molecule has 0 bridgehead atoms. The van der Waals surface area contributed by atoms with Crippen LogP contribution in [0.3, 0.4) is 0 Å². The fourth-order valence-electron chi connectivity index (χ4n) is 1.50. The van der Waals surface area contributed by atoms with Gasteiger partial charge in [-0.3, -0.25) is 0 Å². The van der Waals surface area contributed by atoms with E-state index in [2.05, 4.69) is 0 Å². The molecule has 0 atom stereocenters. The number of hydrogen-bond donors (Lipinski definition) is 1. The number of nitrogens with two attached hydrogens (primary N) is 1. The summed E-state index contributed by atoms with van der Waals surface area (Å²) >= 11 is 0. The number of rotatable bonds is 4. The van der Waals surface area contributed by atoms with E-state index >= 15 is 0 Å². The van der Waals surface area contributed by atoms with Crippen molar-refractivity contribution in [3.05, 3.63) is 29.8 Å². The summed E-state index contributed by atoms with van der Waals surface area (Å²) in [5.74, 6) is 0. The summed E-state index contributed by atoms with van der Waals surface area (Å²) in [5.41, 5.74) is 5.45. The van der Waals surface area contributed by atoms with Crippen molar-refractivity contribution in [1.82, 2.24) is 0 Å². The number of benzene rings is 1. The van der Waals surface area contributed by atoms with Crippen LogP contribution in [-0.4, -0.2) is 19.1 Å². The van der Waals surface area contributed by atoms with Gasteiger partial charge in [0.25, 0.3) is 0 Å². The third-order valence-electron chi connectivity index (χ3n) is 2.71. The van der Waals surface area contributed by atoms with Crippen molar-refractivity contribution < 1.29 is 13.2 Å². The highest BCUT2D eigenvalue weighted by Crippen LogP contribution is 2.31. The van der Waals surface area contributed by atoms with Crippen molar-refractivity contribution in [1.29, 1.82) is 0 Å². The number of nitrogens with zero attached hydrogens (tertiary/aromatic N) is 1. The highest BCUT2D eigenvalue weighted by atomic mass is 19.4. The molecule has 0 spiro atoms. The lowest BCUT2D eigenvalue weighted by molar-refractivity contribution is -0.137. The lowest BCUT2D eigenvalue weighted by atomic mass is 10.0. The van der Waals surface area contributed by atoms with E-state index in [4.69, 9.17) is 5.73 Å². The van der Waals surface area contributed by atoms with Gasteiger partial charge in [0.05, 0.1) is 5.56 Å². The highest BCUT2D eigenvalue weighted by Gasteiger charge is 2.30. The molecule has 5 heteroatoms. The van der Waals surface area contributed by atoms with Crippen LogP contribution in [0.4, 0.5) is 18.9 Å². The summed E-state index contributed by atoms with van der Waals surface area (Å²) in [5, 5.41) is 0. The number of halogens is 3. The van der Waals surface area contributed by atoms with E-state index in [1.807, 2.05) is 13.8 Å². The molecule has 0 heterocycles. The molecule has 18 heavy (non-hydrogen) atoms. The molecule has 0 radical (unpaired) electrons. The van der Waals surface area contributed by atoms with Gasteiger partial charge < -0.3 is 10.6 Å². The fourth-order valence-corrected chi connectivity index (χ4v) is 1.50. The van der Waals surface area contributed by atoms with Crippen molar-refractivity contribution in [2.45, 2.75) is 32.0 Å². The molecule has 1 aromatic rings. The molecule has 0 aliphatic heterocycles. The van der Waals surface area contributed by atoms with Crippen molar-refractivity contribution in [2.75, 3.05) is 18.5 Å². The Hall–Kier alpha value is -1.23. The highest BCUT2D eigenvalue weighted by molar-refractivity contribution is 5.48. The molecule has 0 aliphatic rings. The maximum atomic E-state index is 12.6. The van der Waals surface area contributed by atoms with E-state index in [1.54, 1.807) is 18.0 Å². The molecule has 0 unspecified atom stereocenters. The first-order valence-electron chi connectivity index (χ1n) is 5.77. The fraction of sp³-hybridized carbons (Fsp3) is 0.538. The first-order valence-corrected chi connectivity index (χ1v) is 5.77. The Balaban J connectivity index is 2.78. The Kier molecular flexibility index (Phi) is 4.27. The maximum absolute atomic E-state index is 12.6. The van der Waals surface area contributed by atoms with E-state index < -0.39 is 11.7 Å². The Morgan fingerprint density at radius 1 is 1.22 bits per heavy atom. The van der Waals surface area contributed by atoms with Crippen LogP contribution >= 0.6 is 0 Å². The monoisotopic (exact) mass is 260 g/mol. The Morgan fingerprint density at radius 3 is 2.33 bits per heavy atom. The molecule has 0 saturated heterocycles. The predicted molar refractivity (Wildman–Crippen MR) is 67.6 cm³/mol. The van der Waals surface area contributed by atoms with E-state index in [0.29, 0.717) is 18.7 Å². The summed E-state index contributed by atoms with van der Waals surface area (Å²) in [6.07, 6.45) is -3.59. The summed E-state index contributed by atoms with van der Waals surface area (Å²) in [4.78, 5) is 1.78. The van der Waals surface area contributed by atoms with Gasteiger partial charge in [0.2, 0.25) is 0 Å². The van der Waals surface area contributed by atoms with Crippen LogP contribution in [0.15, 0.2) is 24.3 Å². The molecule has 1 aromatic carbocycles. The zero-order valence-corrected chi connectivity index (χ0v) is 10.9. The van der Waals surface area contributed by atoms with Gasteiger partial charge in [0.15, 0.2) is 0 Å². The Labute approximate surface area is 106 Å². The van der Waals surface area contributed by atoms with E-state index in [-0.39, 0.29) is 5.54 Å². The van der Waals surface area contributed by atoms with Gasteiger partial charge in [0, 0.05) is 24.8 Å². The zero-order chi connectivity index (χ0) is 14.0. The van der Waals surface area contributed by atoms with Gasteiger partial charge in [0.1, 0.15) is 0 Å². The Morgan fingerprint density at radius 2 is 1.83 bits per heavy atom. The molecule has 0 fully saturated rings. The first kappa shape index (κ1) is 14.8. The molecule has 0 saturated carbocycles. The van der Waals surface area contributed by atoms with E-state index in [0.717, 1.165) is 12.1 Å². The van der Waals surface area contributed by atoms with Gasteiger partial charge in [-0.05, 0) is 38.5 Å². The number of anilines is 1. The van der Waals surface area contributed by atoms with E-state index in [9.17, 15) is 13.2 Å². The van der Waals surface area contributed by atoms with Crippen molar-refractivity contribution in [3.63, 3.8) is 0 Å². The van der Waals surface area contributed by atoms with Crippen LogP contribution in [0.25, 0.3) is 0 Å². The molecular formula is C13H19F3N2. The SMILES string of the molecule is CN(CCC(C)(C)N)c1cccc(C(F)(F)F)c1. The van der Waals surface area contributed by atoms with Gasteiger partial charge in [-0.2, -0.15) is 13.2 Å². The van der Waals surface area contributed by atoms with Crippen LogP contribution in [0.5, 0.6) is 0 Å². The van der Waals surface area contributed by atoms with Gasteiger partial charge in [-0.25, -0.2) is 0 Å². The smallest absolute Gasteiger partial charge is 0.375 e. The molecule has 2 N–H and O–H groups in total. The summed E-state index contributed by atoms with van der Waals surface area (Å²) in [7, 11) is 1.77. The molecular weight excluding hydrogens is 241 g/mol. The van der Waals surface area contributed by atoms with Crippen molar-refractivity contribution in [2.24, 2.45) is 5.73 Å². The van der Waals surface area contributed by atoms with Crippen LogP contribution in [0.1, 0.15) is 25.8 Å². The third kappa shape index (κ3) is 4.56. The quantitative estimate of drug-likeness (QED) is 0.900. The second kappa shape index (κ2) is 5.18. The minimum Gasteiger partial charge on any atom is -0.375 e. The topological polar surface area (TPSA) is 29.3 Å². The largest absolute Gasteiger partial charge is 0.416 e. The molecule has 0 aromatic heterocycles. The predicted octanol–water partition coefficient (Wildman–Crippen LogP) is 3.27. The molecule has 0 aliphatic carbocycles. The van der Waals surface area contributed by atoms with Crippen LogP contribution in [0, 0.1) is 0 Å². The van der Waals surface area contributed by atoms with Gasteiger partial charge >= 0.3 is 6.18 Å². The number of hydrogen-bond acceptors (Lipinski definition) is 2. The number of alkyl halides is 3. The molecule has 102 valence electrons. The lowest BCUT2D eigenvalue weighted by Crippen LogP contribution is -2.36. The van der Waals surface area contributed by atoms with Crippen LogP contribution in [-0.2, 0) is 6.18 Å². The van der Waals surface area contributed by atoms with Gasteiger partial charge in [-0.1, -0.05) is 6.07 Å². The second-order valence-corrected chi connectivity index (χ2v) is 5.21. The Bertz CT molecular complexity index is 394. The zero-order valence-electron chi connectivity index (χ0n) is 10.9. The second-order valence-electron chi connectivity index (χ2n) is 5.21. The average Bonchev–Trinajstić information content (AvgIpc) is 2.24. The van der Waals surface area contributed by atoms with E-state index in [1.165, 1.54) is 6.07 Å². The third-order valence-corrected chi connectivity index (χ3v) is 2.71. The summed E-state index contributed by atoms with van der Waals surface area (Å²) in [6.45, 7) is 4.41. The average molecular weight is 260 g/mol. The molecule has 0 amide bonds. The first-order chi connectivity index (χ1) is 8.09. The standard InChI is InChI=1S/C13H19F3N2/c1-12(2,17)7-8-18(3)11-6-4-5-10(9-11)13(14,15)16/h4-6,9H,7-8,17H2,1-3H3.